The molecular weight excluding hydrogens is 234 g/mol. The zero-order valence-corrected chi connectivity index (χ0v) is 13.3. The van der Waals surface area contributed by atoms with Crippen molar-refractivity contribution in [2.75, 3.05) is 33.2 Å². The average Bonchev–Trinajstić information content (AvgIpc) is 2.36. The van der Waals surface area contributed by atoms with Crippen LogP contribution in [0.3, 0.4) is 0 Å². The van der Waals surface area contributed by atoms with Gasteiger partial charge in [0.1, 0.15) is 0 Å². The molecule has 4 unspecified atom stereocenters. The quantitative estimate of drug-likeness (QED) is 0.849. The third kappa shape index (κ3) is 3.93. The van der Waals surface area contributed by atoms with E-state index in [1.54, 1.807) is 0 Å². The fraction of sp³-hybridized carbons (Fsp3) is 1.00. The van der Waals surface area contributed by atoms with Crippen LogP contribution < -0.4 is 5.73 Å². The van der Waals surface area contributed by atoms with Crippen LogP contribution >= 0.6 is 0 Å². The molecule has 0 bridgehead atoms. The first-order valence-electron chi connectivity index (χ1n) is 8.15. The molecule has 1 aliphatic heterocycles. The summed E-state index contributed by atoms with van der Waals surface area (Å²) in [6, 6.07) is 1.12. The van der Waals surface area contributed by atoms with E-state index in [0.717, 1.165) is 17.8 Å². The minimum Gasteiger partial charge on any atom is -0.327 e. The van der Waals surface area contributed by atoms with E-state index in [2.05, 4.69) is 37.6 Å². The Morgan fingerprint density at radius 3 is 2.58 bits per heavy atom. The molecule has 1 saturated heterocycles. The summed E-state index contributed by atoms with van der Waals surface area (Å²) in [5.41, 5.74) is 6.38. The Labute approximate surface area is 119 Å². The highest BCUT2D eigenvalue weighted by molar-refractivity contribution is 4.87. The maximum absolute atomic E-state index is 6.38. The summed E-state index contributed by atoms with van der Waals surface area (Å²) in [6.07, 6.45) is 3.92. The molecule has 4 atom stereocenters. The first-order chi connectivity index (χ1) is 8.97. The van der Waals surface area contributed by atoms with E-state index in [1.807, 2.05) is 0 Å². The number of hydrogen-bond donors (Lipinski definition) is 1. The molecule has 0 amide bonds. The predicted octanol–water partition coefficient (Wildman–Crippen LogP) is 2.02. The Hall–Kier alpha value is -0.120. The molecule has 2 rings (SSSR count). The zero-order valence-electron chi connectivity index (χ0n) is 13.3. The van der Waals surface area contributed by atoms with Gasteiger partial charge in [-0.1, -0.05) is 13.8 Å². The van der Waals surface area contributed by atoms with Gasteiger partial charge in [0.15, 0.2) is 0 Å². The second kappa shape index (κ2) is 6.55. The molecule has 19 heavy (non-hydrogen) atoms. The van der Waals surface area contributed by atoms with Crippen LogP contribution in [0.1, 0.15) is 40.0 Å². The lowest BCUT2D eigenvalue weighted by Gasteiger charge is -2.42. The number of piperazine rings is 1. The van der Waals surface area contributed by atoms with Gasteiger partial charge in [0, 0.05) is 38.3 Å². The maximum atomic E-state index is 6.38. The van der Waals surface area contributed by atoms with Gasteiger partial charge in [0.05, 0.1) is 0 Å². The van der Waals surface area contributed by atoms with Crippen LogP contribution in [0.5, 0.6) is 0 Å². The molecule has 1 aliphatic carbocycles. The summed E-state index contributed by atoms with van der Waals surface area (Å²) >= 11 is 0. The van der Waals surface area contributed by atoms with Crippen molar-refractivity contribution >= 4 is 0 Å². The SMILES string of the molecule is CC(C)C1CCC(N)C(CN2CCN(C)C(C)C2)C1. The molecular formula is C16H33N3. The smallest absolute Gasteiger partial charge is 0.0192 e. The lowest BCUT2D eigenvalue weighted by atomic mass is 9.73. The van der Waals surface area contributed by atoms with Gasteiger partial charge in [-0.25, -0.2) is 0 Å². The third-order valence-electron chi connectivity index (χ3n) is 5.56. The van der Waals surface area contributed by atoms with E-state index in [9.17, 15) is 0 Å². The number of likely N-dealkylation sites (N-methyl/N-ethyl adjacent to an activating group) is 1. The summed E-state index contributed by atoms with van der Waals surface area (Å²) < 4.78 is 0. The number of nitrogens with zero attached hydrogens (tertiary/aromatic N) is 2. The van der Waals surface area contributed by atoms with Gasteiger partial charge in [-0.2, -0.15) is 0 Å². The highest BCUT2D eigenvalue weighted by Crippen LogP contribution is 2.33. The fourth-order valence-corrected chi connectivity index (χ4v) is 3.76. The maximum Gasteiger partial charge on any atom is 0.0192 e. The van der Waals surface area contributed by atoms with Crippen LogP contribution in [0.2, 0.25) is 0 Å². The van der Waals surface area contributed by atoms with Crippen molar-refractivity contribution in [3.05, 3.63) is 0 Å². The Balaban J connectivity index is 1.86. The minimum atomic E-state index is 0.435. The molecule has 112 valence electrons. The van der Waals surface area contributed by atoms with Crippen LogP contribution in [0.15, 0.2) is 0 Å². The molecule has 1 saturated carbocycles. The van der Waals surface area contributed by atoms with Crippen LogP contribution in [-0.2, 0) is 0 Å². The van der Waals surface area contributed by atoms with Gasteiger partial charge in [-0.3, -0.25) is 0 Å². The Morgan fingerprint density at radius 2 is 1.95 bits per heavy atom. The van der Waals surface area contributed by atoms with Crippen molar-refractivity contribution in [2.24, 2.45) is 23.5 Å². The first-order valence-corrected chi connectivity index (χ1v) is 8.15. The van der Waals surface area contributed by atoms with E-state index in [1.165, 1.54) is 45.4 Å². The van der Waals surface area contributed by atoms with Gasteiger partial charge < -0.3 is 15.5 Å². The molecule has 2 fully saturated rings. The molecule has 2 N–H and O–H groups in total. The van der Waals surface area contributed by atoms with Gasteiger partial charge in [0.25, 0.3) is 0 Å². The largest absolute Gasteiger partial charge is 0.327 e. The normalized spacial score (nSPS) is 38.8. The van der Waals surface area contributed by atoms with E-state index in [0.29, 0.717) is 12.1 Å². The minimum absolute atomic E-state index is 0.435. The lowest BCUT2D eigenvalue weighted by molar-refractivity contribution is 0.0708. The summed E-state index contributed by atoms with van der Waals surface area (Å²) in [6.45, 7) is 11.9. The Bertz CT molecular complexity index is 279. The molecule has 0 aromatic heterocycles. The van der Waals surface area contributed by atoms with Crippen molar-refractivity contribution in [1.82, 2.24) is 9.80 Å². The Morgan fingerprint density at radius 1 is 1.21 bits per heavy atom. The summed E-state index contributed by atoms with van der Waals surface area (Å²) in [7, 11) is 2.24. The van der Waals surface area contributed by atoms with E-state index >= 15 is 0 Å². The molecule has 3 heteroatoms. The van der Waals surface area contributed by atoms with Gasteiger partial charge >= 0.3 is 0 Å². The third-order valence-corrected chi connectivity index (χ3v) is 5.56. The van der Waals surface area contributed by atoms with Crippen molar-refractivity contribution in [2.45, 2.75) is 52.1 Å². The molecule has 0 aromatic carbocycles. The lowest BCUT2D eigenvalue weighted by Crippen LogP contribution is -2.53. The number of nitrogens with two attached hydrogens (primary N) is 1. The van der Waals surface area contributed by atoms with E-state index in [4.69, 9.17) is 5.73 Å². The van der Waals surface area contributed by atoms with Crippen LogP contribution in [0.4, 0.5) is 0 Å². The van der Waals surface area contributed by atoms with E-state index < -0.39 is 0 Å². The van der Waals surface area contributed by atoms with Crippen molar-refractivity contribution in [1.29, 1.82) is 0 Å². The standard InChI is InChI=1S/C16H33N3/c1-12(2)14-5-6-16(17)15(9-14)11-19-8-7-18(4)13(3)10-19/h12-16H,5-11,17H2,1-4H3. The van der Waals surface area contributed by atoms with Gasteiger partial charge in [0.2, 0.25) is 0 Å². The van der Waals surface area contributed by atoms with Crippen molar-refractivity contribution < 1.29 is 0 Å². The zero-order chi connectivity index (χ0) is 14.0. The second-order valence-corrected chi connectivity index (χ2v) is 7.33. The topological polar surface area (TPSA) is 32.5 Å². The second-order valence-electron chi connectivity index (χ2n) is 7.33. The Kier molecular flexibility index (Phi) is 5.27. The van der Waals surface area contributed by atoms with Crippen molar-refractivity contribution in [3.63, 3.8) is 0 Å². The monoisotopic (exact) mass is 267 g/mol. The number of rotatable bonds is 3. The molecule has 0 spiro atoms. The van der Waals surface area contributed by atoms with Gasteiger partial charge in [-0.05, 0) is 51.0 Å². The van der Waals surface area contributed by atoms with Crippen LogP contribution in [0.25, 0.3) is 0 Å². The highest BCUT2D eigenvalue weighted by atomic mass is 15.3. The molecule has 0 radical (unpaired) electrons. The highest BCUT2D eigenvalue weighted by Gasteiger charge is 2.32. The van der Waals surface area contributed by atoms with Crippen LogP contribution in [-0.4, -0.2) is 55.1 Å². The predicted molar refractivity (Wildman–Crippen MR) is 82.2 cm³/mol. The van der Waals surface area contributed by atoms with Crippen molar-refractivity contribution in [3.8, 4) is 0 Å². The molecule has 3 nitrogen and oxygen atoms in total. The fourth-order valence-electron chi connectivity index (χ4n) is 3.76. The molecule has 1 heterocycles. The summed E-state index contributed by atoms with van der Waals surface area (Å²) in [5, 5.41) is 0. The number of hydrogen-bond acceptors (Lipinski definition) is 3. The molecule has 2 aliphatic rings. The first kappa shape index (κ1) is 15.3. The average molecular weight is 267 g/mol. The van der Waals surface area contributed by atoms with Gasteiger partial charge in [-0.15, -0.1) is 0 Å². The molecule has 0 aromatic rings. The summed E-state index contributed by atoms with van der Waals surface area (Å²) in [4.78, 5) is 5.12. The summed E-state index contributed by atoms with van der Waals surface area (Å²) in [5.74, 6) is 2.44. The van der Waals surface area contributed by atoms with E-state index in [-0.39, 0.29) is 0 Å². The van der Waals surface area contributed by atoms with Crippen LogP contribution in [0, 0.1) is 17.8 Å².